The highest BCUT2D eigenvalue weighted by atomic mass is 35.5. The molecule has 0 radical (unpaired) electrons. The van der Waals surface area contributed by atoms with Crippen LogP contribution in [0.25, 0.3) is 0 Å². The number of ether oxygens (including phenoxy) is 1. The van der Waals surface area contributed by atoms with E-state index < -0.39 is 10.0 Å². The highest BCUT2D eigenvalue weighted by molar-refractivity contribution is 7.89. The van der Waals surface area contributed by atoms with Gasteiger partial charge in [0.2, 0.25) is 10.0 Å². The van der Waals surface area contributed by atoms with Crippen LogP contribution in [-0.4, -0.2) is 46.1 Å². The van der Waals surface area contributed by atoms with Gasteiger partial charge >= 0.3 is 0 Å². The SMILES string of the molecule is CCOCCN(CC)S(=O)(=O)c1ccc(CNC)c(Cl)c1. The number of rotatable bonds is 9. The first-order chi connectivity index (χ1) is 9.97. The van der Waals surface area contributed by atoms with Crippen molar-refractivity contribution < 1.29 is 13.2 Å². The van der Waals surface area contributed by atoms with Crippen LogP contribution in [-0.2, 0) is 21.3 Å². The molecule has 0 aliphatic heterocycles. The van der Waals surface area contributed by atoms with Crippen LogP contribution in [0.5, 0.6) is 0 Å². The summed E-state index contributed by atoms with van der Waals surface area (Å²) in [6.07, 6.45) is 0. The van der Waals surface area contributed by atoms with Gasteiger partial charge in [0.15, 0.2) is 0 Å². The minimum Gasteiger partial charge on any atom is -0.380 e. The van der Waals surface area contributed by atoms with E-state index in [1.807, 2.05) is 14.0 Å². The Labute approximate surface area is 132 Å². The van der Waals surface area contributed by atoms with Gasteiger partial charge in [0, 0.05) is 31.3 Å². The summed E-state index contributed by atoms with van der Waals surface area (Å²) in [5.74, 6) is 0. The molecular weight excluding hydrogens is 312 g/mol. The van der Waals surface area contributed by atoms with E-state index in [2.05, 4.69) is 5.32 Å². The molecule has 21 heavy (non-hydrogen) atoms. The smallest absolute Gasteiger partial charge is 0.243 e. The Hall–Kier alpha value is -0.660. The van der Waals surface area contributed by atoms with Crippen LogP contribution < -0.4 is 5.32 Å². The van der Waals surface area contributed by atoms with Crippen LogP contribution in [0.15, 0.2) is 23.1 Å². The number of nitrogens with one attached hydrogen (secondary N) is 1. The molecule has 0 unspecified atom stereocenters. The fourth-order valence-corrected chi connectivity index (χ4v) is 3.70. The van der Waals surface area contributed by atoms with Gasteiger partial charge in [0.1, 0.15) is 0 Å². The van der Waals surface area contributed by atoms with Crippen LogP contribution in [0.2, 0.25) is 5.02 Å². The molecule has 1 N–H and O–H groups in total. The molecule has 0 aromatic heterocycles. The Balaban J connectivity index is 2.97. The van der Waals surface area contributed by atoms with Crippen molar-refractivity contribution in [2.75, 3.05) is 33.4 Å². The fraction of sp³-hybridized carbons (Fsp3) is 0.571. The van der Waals surface area contributed by atoms with E-state index in [1.165, 1.54) is 10.4 Å². The first-order valence-electron chi connectivity index (χ1n) is 6.98. The van der Waals surface area contributed by atoms with Gasteiger partial charge in [-0.3, -0.25) is 0 Å². The third-order valence-electron chi connectivity index (χ3n) is 3.07. The van der Waals surface area contributed by atoms with Crippen LogP contribution in [0.4, 0.5) is 0 Å². The molecule has 0 heterocycles. The lowest BCUT2D eigenvalue weighted by Crippen LogP contribution is -2.34. The summed E-state index contributed by atoms with van der Waals surface area (Å²) in [5.41, 5.74) is 0.871. The largest absolute Gasteiger partial charge is 0.380 e. The van der Waals surface area contributed by atoms with Crippen molar-refractivity contribution in [3.63, 3.8) is 0 Å². The lowest BCUT2D eigenvalue weighted by molar-refractivity contribution is 0.135. The van der Waals surface area contributed by atoms with Crippen LogP contribution >= 0.6 is 11.6 Å². The number of sulfonamides is 1. The Morgan fingerprint density at radius 3 is 2.57 bits per heavy atom. The normalized spacial score (nSPS) is 12.0. The van der Waals surface area contributed by atoms with Gasteiger partial charge in [0.05, 0.1) is 11.5 Å². The molecule has 0 saturated heterocycles. The minimum absolute atomic E-state index is 0.214. The number of hydrogen-bond acceptors (Lipinski definition) is 4. The van der Waals surface area contributed by atoms with Gasteiger partial charge < -0.3 is 10.1 Å². The second-order valence-corrected chi connectivity index (χ2v) is 6.82. The molecule has 5 nitrogen and oxygen atoms in total. The van der Waals surface area contributed by atoms with Crippen molar-refractivity contribution in [3.8, 4) is 0 Å². The lowest BCUT2D eigenvalue weighted by Gasteiger charge is -2.20. The van der Waals surface area contributed by atoms with Crippen LogP contribution in [0.1, 0.15) is 19.4 Å². The van der Waals surface area contributed by atoms with Crippen molar-refractivity contribution in [1.82, 2.24) is 9.62 Å². The van der Waals surface area contributed by atoms with E-state index in [9.17, 15) is 8.42 Å². The van der Waals surface area contributed by atoms with Gasteiger partial charge in [-0.15, -0.1) is 0 Å². The fourth-order valence-electron chi connectivity index (χ4n) is 1.93. The molecule has 120 valence electrons. The summed E-state index contributed by atoms with van der Waals surface area (Å²) in [7, 11) is -1.72. The maximum atomic E-state index is 12.6. The number of halogens is 1. The zero-order valence-electron chi connectivity index (χ0n) is 12.7. The van der Waals surface area contributed by atoms with Crippen molar-refractivity contribution in [1.29, 1.82) is 0 Å². The molecular formula is C14H23ClN2O3S. The van der Waals surface area contributed by atoms with Gasteiger partial charge in [-0.2, -0.15) is 4.31 Å². The minimum atomic E-state index is -3.54. The number of hydrogen-bond donors (Lipinski definition) is 1. The van der Waals surface area contributed by atoms with Crippen molar-refractivity contribution in [3.05, 3.63) is 28.8 Å². The zero-order valence-corrected chi connectivity index (χ0v) is 14.3. The van der Waals surface area contributed by atoms with Crippen molar-refractivity contribution in [2.24, 2.45) is 0 Å². The zero-order chi connectivity index (χ0) is 15.9. The molecule has 1 rings (SSSR count). The average molecular weight is 335 g/mol. The van der Waals surface area contributed by atoms with E-state index in [0.29, 0.717) is 37.9 Å². The average Bonchev–Trinajstić information content (AvgIpc) is 2.45. The number of likely N-dealkylation sites (N-methyl/N-ethyl adjacent to an activating group) is 1. The molecule has 7 heteroatoms. The van der Waals surface area contributed by atoms with Gasteiger partial charge in [-0.25, -0.2) is 8.42 Å². The summed E-state index contributed by atoms with van der Waals surface area (Å²) < 4.78 is 31.8. The predicted molar refractivity (Wildman–Crippen MR) is 85.1 cm³/mol. The summed E-state index contributed by atoms with van der Waals surface area (Å²) >= 11 is 6.14. The monoisotopic (exact) mass is 334 g/mol. The van der Waals surface area contributed by atoms with E-state index in [-0.39, 0.29) is 4.90 Å². The molecule has 0 amide bonds. The van der Waals surface area contributed by atoms with E-state index in [4.69, 9.17) is 16.3 Å². The second kappa shape index (κ2) is 8.70. The third kappa shape index (κ3) is 4.93. The summed E-state index contributed by atoms with van der Waals surface area (Å²) in [6.45, 7) is 5.97. The molecule has 1 aromatic rings. The summed E-state index contributed by atoms with van der Waals surface area (Å²) in [5, 5.41) is 3.44. The van der Waals surface area contributed by atoms with Gasteiger partial charge in [-0.1, -0.05) is 24.6 Å². The maximum Gasteiger partial charge on any atom is 0.243 e. The quantitative estimate of drug-likeness (QED) is 0.703. The Morgan fingerprint density at radius 1 is 1.33 bits per heavy atom. The molecule has 0 atom stereocenters. The highest BCUT2D eigenvalue weighted by Gasteiger charge is 2.23. The van der Waals surface area contributed by atoms with Crippen molar-refractivity contribution >= 4 is 21.6 Å². The first-order valence-corrected chi connectivity index (χ1v) is 8.80. The summed E-state index contributed by atoms with van der Waals surface area (Å²) in [4.78, 5) is 0.214. The Morgan fingerprint density at radius 2 is 2.05 bits per heavy atom. The highest BCUT2D eigenvalue weighted by Crippen LogP contribution is 2.23. The molecule has 0 fully saturated rings. The predicted octanol–water partition coefficient (Wildman–Crippen LogP) is 2.11. The topological polar surface area (TPSA) is 58.6 Å². The van der Waals surface area contributed by atoms with E-state index >= 15 is 0 Å². The third-order valence-corrected chi connectivity index (χ3v) is 5.39. The molecule has 0 saturated carbocycles. The number of nitrogens with zero attached hydrogens (tertiary/aromatic N) is 1. The Bertz CT molecular complexity index is 549. The Kier molecular flexibility index (Phi) is 7.62. The summed E-state index contributed by atoms with van der Waals surface area (Å²) in [6, 6.07) is 4.84. The van der Waals surface area contributed by atoms with E-state index in [1.54, 1.807) is 19.1 Å². The van der Waals surface area contributed by atoms with E-state index in [0.717, 1.165) is 5.56 Å². The molecule has 0 bridgehead atoms. The first kappa shape index (κ1) is 18.4. The van der Waals surface area contributed by atoms with Crippen LogP contribution in [0, 0.1) is 0 Å². The maximum absolute atomic E-state index is 12.6. The van der Waals surface area contributed by atoms with Gasteiger partial charge in [-0.05, 0) is 31.7 Å². The standard InChI is InChI=1S/C14H23ClN2O3S/c1-4-17(8-9-20-5-2)21(18,19)13-7-6-12(11-16-3)14(15)10-13/h6-7,10,16H,4-5,8-9,11H2,1-3H3. The lowest BCUT2D eigenvalue weighted by atomic mass is 10.2. The van der Waals surface area contributed by atoms with Gasteiger partial charge in [0.25, 0.3) is 0 Å². The number of benzene rings is 1. The van der Waals surface area contributed by atoms with Crippen molar-refractivity contribution in [2.45, 2.75) is 25.3 Å². The molecule has 0 aliphatic carbocycles. The molecule has 0 spiro atoms. The molecule has 0 aliphatic rings. The van der Waals surface area contributed by atoms with Crippen LogP contribution in [0.3, 0.4) is 0 Å². The second-order valence-electron chi connectivity index (χ2n) is 4.48. The molecule has 1 aromatic carbocycles.